The van der Waals surface area contributed by atoms with E-state index >= 15 is 0 Å². The third-order valence-corrected chi connectivity index (χ3v) is 5.28. The Morgan fingerprint density at radius 3 is 2.62 bits per heavy atom. The smallest absolute Gasteiger partial charge is 0.394 e. The number of carbonyl (C=O) groups excluding carboxylic acids is 1. The lowest BCUT2D eigenvalue weighted by atomic mass is 10.1. The zero-order valence-corrected chi connectivity index (χ0v) is 16.5. The molecule has 5 N–H and O–H groups in total. The number of alkyl halides is 3. The summed E-state index contributed by atoms with van der Waals surface area (Å²) < 4.78 is 43.9. The van der Waals surface area contributed by atoms with Crippen molar-refractivity contribution in [2.45, 2.75) is 37.1 Å². The Morgan fingerprint density at radius 2 is 1.94 bits per heavy atom. The molecule has 11 heteroatoms. The van der Waals surface area contributed by atoms with Gasteiger partial charge in [-0.05, 0) is 35.9 Å². The first-order valence-electron chi connectivity index (χ1n) is 9.74. The van der Waals surface area contributed by atoms with E-state index in [0.717, 1.165) is 12.1 Å². The first-order valence-corrected chi connectivity index (χ1v) is 9.74. The van der Waals surface area contributed by atoms with Crippen molar-refractivity contribution in [1.29, 1.82) is 0 Å². The second-order valence-electron chi connectivity index (χ2n) is 7.49. The number of carbonyl (C=O) groups is 1. The Balaban J connectivity index is 1.48. The average molecular weight is 451 g/mol. The fourth-order valence-corrected chi connectivity index (χ4v) is 3.57. The number of aromatic amines is 1. The van der Waals surface area contributed by atoms with Crippen molar-refractivity contribution in [2.24, 2.45) is 0 Å². The van der Waals surface area contributed by atoms with Crippen molar-refractivity contribution in [3.63, 3.8) is 0 Å². The van der Waals surface area contributed by atoms with Crippen LogP contribution >= 0.6 is 0 Å². The molecule has 1 fully saturated rings. The highest BCUT2D eigenvalue weighted by Crippen LogP contribution is 2.33. The Morgan fingerprint density at radius 1 is 1.16 bits per heavy atom. The number of rotatable bonds is 5. The summed E-state index contributed by atoms with van der Waals surface area (Å²) in [5.74, 6) is -0.266. The Bertz CT molecular complexity index is 1130. The van der Waals surface area contributed by atoms with Crippen molar-refractivity contribution < 1.29 is 38.0 Å². The number of H-pyrrole nitrogens is 1. The third kappa shape index (κ3) is 4.32. The SMILES string of the molecule is O=C(NCc1cccc(C(F)(F)F)c1)c1ccc2nc([C@@H]3O[C@H](CO)[C@@H](O)[C@H]3O)[nH]c2c1. The molecular formula is C21H20F3N3O5. The minimum absolute atomic E-state index is 0.0858. The molecule has 0 unspecified atom stereocenters. The van der Waals surface area contributed by atoms with Crippen LogP contribution in [0.15, 0.2) is 42.5 Å². The first-order chi connectivity index (χ1) is 15.2. The zero-order valence-electron chi connectivity index (χ0n) is 16.5. The fourth-order valence-electron chi connectivity index (χ4n) is 3.57. The number of ether oxygens (including phenoxy) is 1. The summed E-state index contributed by atoms with van der Waals surface area (Å²) in [4.78, 5) is 19.7. The minimum Gasteiger partial charge on any atom is -0.394 e. The maximum Gasteiger partial charge on any atom is 0.416 e. The van der Waals surface area contributed by atoms with E-state index in [1.165, 1.54) is 24.3 Å². The van der Waals surface area contributed by atoms with Gasteiger partial charge in [-0.25, -0.2) is 4.98 Å². The highest BCUT2D eigenvalue weighted by atomic mass is 19.4. The molecule has 1 aromatic heterocycles. The van der Waals surface area contributed by atoms with E-state index in [2.05, 4.69) is 15.3 Å². The van der Waals surface area contributed by atoms with Gasteiger partial charge >= 0.3 is 6.18 Å². The molecule has 4 rings (SSSR count). The lowest BCUT2D eigenvalue weighted by molar-refractivity contribution is -0.137. The Hall–Kier alpha value is -2.99. The van der Waals surface area contributed by atoms with Crippen LogP contribution in [0.5, 0.6) is 0 Å². The number of benzene rings is 2. The third-order valence-electron chi connectivity index (χ3n) is 5.28. The highest BCUT2D eigenvalue weighted by Gasteiger charge is 2.44. The lowest BCUT2D eigenvalue weighted by Gasteiger charge is -2.11. The van der Waals surface area contributed by atoms with Gasteiger partial charge in [0.25, 0.3) is 5.91 Å². The molecule has 0 aliphatic carbocycles. The summed E-state index contributed by atoms with van der Waals surface area (Å²) in [6, 6.07) is 9.28. The van der Waals surface area contributed by atoms with Crippen molar-refractivity contribution in [3.05, 3.63) is 65.0 Å². The van der Waals surface area contributed by atoms with E-state index < -0.39 is 48.7 Å². The summed E-state index contributed by atoms with van der Waals surface area (Å²) in [6.45, 7) is -0.553. The largest absolute Gasteiger partial charge is 0.416 e. The Kier molecular flexibility index (Phi) is 5.91. The number of aromatic nitrogens is 2. The van der Waals surface area contributed by atoms with Crippen molar-refractivity contribution in [3.8, 4) is 0 Å². The number of nitrogens with one attached hydrogen (secondary N) is 2. The average Bonchev–Trinajstić information content (AvgIpc) is 3.31. The van der Waals surface area contributed by atoms with Crippen molar-refractivity contribution in [2.75, 3.05) is 6.61 Å². The number of hydrogen-bond acceptors (Lipinski definition) is 6. The van der Waals surface area contributed by atoms with E-state index in [1.807, 2.05) is 0 Å². The standard InChI is InChI=1S/C21H20F3N3O5/c22-21(23,24)12-3-1-2-10(6-12)8-25-20(31)11-4-5-13-14(7-11)27-19(26-13)18-17(30)16(29)15(9-28)32-18/h1-7,15-18,28-30H,8-9H2,(H,25,31)(H,26,27)/t15-,16-,17-,18-/m1/s1. The number of aliphatic hydroxyl groups is 3. The van der Waals surface area contributed by atoms with Gasteiger partial charge in [-0.3, -0.25) is 4.79 Å². The molecule has 3 aromatic rings. The lowest BCUT2D eigenvalue weighted by Crippen LogP contribution is -2.32. The number of amides is 1. The summed E-state index contributed by atoms with van der Waals surface area (Å²) in [7, 11) is 0. The summed E-state index contributed by atoms with van der Waals surface area (Å²) in [5, 5.41) is 31.8. The van der Waals surface area contributed by atoms with Gasteiger partial charge in [0.05, 0.1) is 23.2 Å². The minimum atomic E-state index is -4.47. The van der Waals surface area contributed by atoms with E-state index in [0.29, 0.717) is 16.6 Å². The molecule has 2 heterocycles. The molecule has 1 amide bonds. The molecule has 32 heavy (non-hydrogen) atoms. The maximum absolute atomic E-state index is 12.8. The van der Waals surface area contributed by atoms with Crippen LogP contribution in [-0.2, 0) is 17.5 Å². The van der Waals surface area contributed by atoms with Gasteiger partial charge in [0.1, 0.15) is 30.2 Å². The fraction of sp³-hybridized carbons (Fsp3) is 0.333. The van der Waals surface area contributed by atoms with Crippen LogP contribution in [-0.4, -0.2) is 56.1 Å². The van der Waals surface area contributed by atoms with Crippen LogP contribution < -0.4 is 5.32 Å². The molecule has 1 aliphatic heterocycles. The van der Waals surface area contributed by atoms with Gasteiger partial charge in [0.2, 0.25) is 0 Å². The van der Waals surface area contributed by atoms with Crippen LogP contribution in [0.3, 0.4) is 0 Å². The Labute approximate surface area is 179 Å². The predicted octanol–water partition coefficient (Wildman–Crippen LogP) is 1.67. The molecule has 1 saturated heterocycles. The van der Waals surface area contributed by atoms with Gasteiger partial charge in [-0.15, -0.1) is 0 Å². The number of aliphatic hydroxyl groups excluding tert-OH is 3. The molecular weight excluding hydrogens is 431 g/mol. The van der Waals surface area contributed by atoms with Crippen LogP contribution in [0.1, 0.15) is 33.4 Å². The molecule has 170 valence electrons. The molecule has 0 bridgehead atoms. The summed E-state index contributed by atoms with van der Waals surface area (Å²) in [6.07, 6.45) is -8.95. The number of halogens is 3. The number of hydrogen-bond donors (Lipinski definition) is 5. The highest BCUT2D eigenvalue weighted by molar-refractivity contribution is 5.97. The molecule has 4 atom stereocenters. The van der Waals surface area contributed by atoms with Crippen molar-refractivity contribution in [1.82, 2.24) is 15.3 Å². The quantitative estimate of drug-likeness (QED) is 0.402. The van der Waals surface area contributed by atoms with Gasteiger partial charge in [0.15, 0.2) is 0 Å². The van der Waals surface area contributed by atoms with Crippen LogP contribution in [0, 0.1) is 0 Å². The topological polar surface area (TPSA) is 128 Å². The second kappa shape index (κ2) is 8.51. The van der Waals surface area contributed by atoms with Gasteiger partial charge in [-0.2, -0.15) is 13.2 Å². The number of imidazole rings is 1. The number of fused-ring (bicyclic) bond motifs is 1. The number of nitrogens with zero attached hydrogens (tertiary/aromatic N) is 1. The normalized spacial score (nSPS) is 23.6. The maximum atomic E-state index is 12.8. The summed E-state index contributed by atoms with van der Waals surface area (Å²) >= 11 is 0. The zero-order chi connectivity index (χ0) is 23.0. The monoisotopic (exact) mass is 451 g/mol. The van der Waals surface area contributed by atoms with Gasteiger partial charge in [-0.1, -0.05) is 12.1 Å². The van der Waals surface area contributed by atoms with E-state index in [9.17, 15) is 33.3 Å². The molecule has 2 aromatic carbocycles. The summed E-state index contributed by atoms with van der Waals surface area (Å²) in [5.41, 5.74) is 0.709. The van der Waals surface area contributed by atoms with Gasteiger partial charge in [0, 0.05) is 12.1 Å². The molecule has 0 spiro atoms. The van der Waals surface area contributed by atoms with Crippen molar-refractivity contribution >= 4 is 16.9 Å². The van der Waals surface area contributed by atoms with E-state index in [-0.39, 0.29) is 17.9 Å². The second-order valence-corrected chi connectivity index (χ2v) is 7.49. The molecule has 0 radical (unpaired) electrons. The molecule has 0 saturated carbocycles. The van der Waals surface area contributed by atoms with E-state index in [1.54, 1.807) is 6.07 Å². The van der Waals surface area contributed by atoms with Gasteiger partial charge < -0.3 is 30.4 Å². The van der Waals surface area contributed by atoms with Crippen LogP contribution in [0.4, 0.5) is 13.2 Å². The molecule has 1 aliphatic rings. The first kappa shape index (κ1) is 22.2. The van der Waals surface area contributed by atoms with Crippen LogP contribution in [0.25, 0.3) is 11.0 Å². The molecule has 8 nitrogen and oxygen atoms in total. The van der Waals surface area contributed by atoms with Crippen LogP contribution in [0.2, 0.25) is 0 Å². The van der Waals surface area contributed by atoms with E-state index in [4.69, 9.17) is 4.74 Å². The predicted molar refractivity (Wildman–Crippen MR) is 105 cm³/mol.